The summed E-state index contributed by atoms with van der Waals surface area (Å²) in [6, 6.07) is -2.32. The Balaban J connectivity index is 2.86. The normalized spacial score (nSPS) is 18.9. The maximum absolute atomic E-state index is 12.8. The summed E-state index contributed by atoms with van der Waals surface area (Å²) in [5, 5.41) is 5.10. The van der Waals surface area contributed by atoms with E-state index in [1.54, 1.807) is 0 Å². The number of hydrogen-bond donors (Lipinski definition) is 3. The summed E-state index contributed by atoms with van der Waals surface area (Å²) >= 11 is 0. The minimum Gasteiger partial charge on any atom is -0.346 e. The third-order valence-corrected chi connectivity index (χ3v) is 4.88. The molecule has 1 heterocycles. The van der Waals surface area contributed by atoms with Crippen LogP contribution in [0, 0.1) is 5.41 Å². The van der Waals surface area contributed by atoms with E-state index in [2.05, 4.69) is 17.2 Å². The molecule has 1 aliphatic rings. The summed E-state index contributed by atoms with van der Waals surface area (Å²) in [6.45, 7) is 11.6. The molecule has 0 radical (unpaired) electrons. The van der Waals surface area contributed by atoms with Gasteiger partial charge in [-0.15, -0.1) is 6.58 Å². The number of ketones is 1. The van der Waals surface area contributed by atoms with Crippen molar-refractivity contribution in [1.29, 1.82) is 0 Å². The number of carbonyl (C=O) groups is 4. The lowest BCUT2D eigenvalue weighted by atomic mass is 9.86. The van der Waals surface area contributed by atoms with Gasteiger partial charge < -0.3 is 21.3 Å². The van der Waals surface area contributed by atoms with Crippen molar-refractivity contribution in [3.63, 3.8) is 0 Å². The summed E-state index contributed by atoms with van der Waals surface area (Å²) in [5.74, 6) is -2.14. The van der Waals surface area contributed by atoms with Gasteiger partial charge in [0.2, 0.25) is 17.6 Å². The van der Waals surface area contributed by atoms with Gasteiger partial charge in [0, 0.05) is 13.1 Å². The molecule has 0 aromatic rings. The maximum atomic E-state index is 12.8. The molecule has 8 nitrogen and oxygen atoms in total. The van der Waals surface area contributed by atoms with Gasteiger partial charge in [0.25, 0.3) is 5.91 Å². The van der Waals surface area contributed by atoms with Crippen molar-refractivity contribution in [2.24, 2.45) is 11.1 Å². The highest BCUT2D eigenvalue weighted by Gasteiger charge is 2.40. The Morgan fingerprint density at radius 3 is 2.46 bits per heavy atom. The molecule has 0 aromatic carbocycles. The van der Waals surface area contributed by atoms with Gasteiger partial charge in [0.05, 0.1) is 12.1 Å². The van der Waals surface area contributed by atoms with Gasteiger partial charge in [-0.25, -0.2) is 0 Å². The van der Waals surface area contributed by atoms with E-state index < -0.39 is 41.1 Å². The number of likely N-dealkylation sites (tertiary alicyclic amines) is 1. The molecule has 4 N–H and O–H groups in total. The van der Waals surface area contributed by atoms with Crippen LogP contribution in [0.1, 0.15) is 53.4 Å². The van der Waals surface area contributed by atoms with Gasteiger partial charge in [-0.1, -0.05) is 40.2 Å². The van der Waals surface area contributed by atoms with E-state index >= 15 is 0 Å². The lowest BCUT2D eigenvalue weighted by molar-refractivity contribution is -0.143. The zero-order valence-corrected chi connectivity index (χ0v) is 17.4. The average molecular weight is 395 g/mol. The van der Waals surface area contributed by atoms with Crippen LogP contribution in [0.4, 0.5) is 0 Å². The van der Waals surface area contributed by atoms with Crippen LogP contribution in [0.3, 0.4) is 0 Å². The lowest BCUT2D eigenvalue weighted by Gasteiger charge is -2.33. The Kier molecular flexibility index (Phi) is 8.81. The zero-order chi connectivity index (χ0) is 21.5. The number of nitrogens with one attached hydrogen (secondary N) is 2. The highest BCUT2D eigenvalue weighted by molar-refractivity contribution is 6.38. The van der Waals surface area contributed by atoms with E-state index in [9.17, 15) is 19.2 Å². The van der Waals surface area contributed by atoms with Crippen LogP contribution < -0.4 is 16.4 Å². The number of Topliss-reactive ketones (excluding diaryl/α,β-unsaturated/α-hetero) is 1. The monoisotopic (exact) mass is 394 g/mol. The molecule has 1 fully saturated rings. The van der Waals surface area contributed by atoms with Crippen LogP contribution in [0.5, 0.6) is 0 Å². The Bertz CT molecular complexity index is 612. The van der Waals surface area contributed by atoms with Gasteiger partial charge in [0.15, 0.2) is 0 Å². The summed E-state index contributed by atoms with van der Waals surface area (Å²) in [7, 11) is 0. The Labute approximate surface area is 167 Å². The number of nitrogens with two attached hydrogens (primary N) is 1. The quantitative estimate of drug-likeness (QED) is 0.388. The summed E-state index contributed by atoms with van der Waals surface area (Å²) in [5.41, 5.74) is 5.66. The number of nitrogens with zero attached hydrogens (tertiary/aromatic N) is 1. The number of carbonyl (C=O) groups excluding carboxylic acids is 4. The van der Waals surface area contributed by atoms with Crippen LogP contribution in [0.25, 0.3) is 0 Å². The molecule has 3 atom stereocenters. The molecule has 28 heavy (non-hydrogen) atoms. The molecular formula is C20H34N4O4. The van der Waals surface area contributed by atoms with Crippen LogP contribution >= 0.6 is 0 Å². The van der Waals surface area contributed by atoms with Gasteiger partial charge in [-0.2, -0.15) is 0 Å². The molecule has 0 spiro atoms. The van der Waals surface area contributed by atoms with E-state index in [1.165, 1.54) is 11.0 Å². The van der Waals surface area contributed by atoms with Gasteiger partial charge in [-0.05, 0) is 24.7 Å². The molecule has 158 valence electrons. The van der Waals surface area contributed by atoms with Crippen LogP contribution in [0.15, 0.2) is 12.7 Å². The molecule has 1 saturated heterocycles. The van der Waals surface area contributed by atoms with E-state index in [4.69, 9.17) is 5.73 Å². The molecule has 3 amide bonds. The summed E-state index contributed by atoms with van der Waals surface area (Å²) in [4.78, 5) is 51.4. The van der Waals surface area contributed by atoms with Gasteiger partial charge in [-0.3, -0.25) is 19.2 Å². The molecule has 0 bridgehead atoms. The first-order valence-electron chi connectivity index (χ1n) is 9.83. The van der Waals surface area contributed by atoms with Crippen LogP contribution in [-0.4, -0.2) is 59.6 Å². The molecule has 8 heteroatoms. The van der Waals surface area contributed by atoms with E-state index in [-0.39, 0.29) is 12.5 Å². The maximum Gasteiger partial charge on any atom is 0.289 e. The predicted molar refractivity (Wildman–Crippen MR) is 107 cm³/mol. The van der Waals surface area contributed by atoms with Crippen LogP contribution in [-0.2, 0) is 19.2 Å². The standard InChI is InChI=1S/C20H34N4O4/c1-6-9-13(15(25)18(27)22-11-7-2)23-17(26)14-10-8-12-24(14)19(28)16(21)20(3,4)5/h7,13-14,16H,2,6,8-12,21H2,1,3-5H3,(H,22,27)(H,23,26)/t13?,14-,16+/m0/s1. The second-order valence-corrected chi connectivity index (χ2v) is 8.25. The van der Waals surface area contributed by atoms with Gasteiger partial charge in [0.1, 0.15) is 6.04 Å². The zero-order valence-electron chi connectivity index (χ0n) is 17.4. The smallest absolute Gasteiger partial charge is 0.289 e. The van der Waals surface area contributed by atoms with Crippen molar-refractivity contribution in [3.05, 3.63) is 12.7 Å². The lowest BCUT2D eigenvalue weighted by Crippen LogP contribution is -2.57. The number of hydrogen-bond acceptors (Lipinski definition) is 5. The third kappa shape index (κ3) is 6.15. The van der Waals surface area contributed by atoms with Crippen molar-refractivity contribution in [3.8, 4) is 0 Å². The number of amides is 3. The first kappa shape index (κ1) is 23.8. The summed E-state index contributed by atoms with van der Waals surface area (Å²) in [6.07, 6.45) is 3.62. The topological polar surface area (TPSA) is 122 Å². The van der Waals surface area contributed by atoms with Crippen LogP contribution in [0.2, 0.25) is 0 Å². The fourth-order valence-corrected chi connectivity index (χ4v) is 3.09. The van der Waals surface area contributed by atoms with Crippen molar-refractivity contribution in [2.45, 2.75) is 71.5 Å². The van der Waals surface area contributed by atoms with Crippen molar-refractivity contribution in [2.75, 3.05) is 13.1 Å². The minimum absolute atomic E-state index is 0.174. The molecule has 0 aliphatic carbocycles. The molecule has 1 unspecified atom stereocenters. The molecule has 0 aromatic heterocycles. The first-order valence-corrected chi connectivity index (χ1v) is 9.83. The molecule has 1 aliphatic heterocycles. The van der Waals surface area contributed by atoms with Crippen molar-refractivity contribution < 1.29 is 19.2 Å². The molecule has 0 saturated carbocycles. The van der Waals surface area contributed by atoms with Crippen molar-refractivity contribution >= 4 is 23.5 Å². The highest BCUT2D eigenvalue weighted by atomic mass is 16.2. The van der Waals surface area contributed by atoms with Gasteiger partial charge >= 0.3 is 0 Å². The number of rotatable bonds is 9. The largest absolute Gasteiger partial charge is 0.346 e. The Hall–Kier alpha value is -2.22. The van der Waals surface area contributed by atoms with E-state index in [1.807, 2.05) is 27.7 Å². The fraction of sp³-hybridized carbons (Fsp3) is 0.700. The Morgan fingerprint density at radius 2 is 1.93 bits per heavy atom. The summed E-state index contributed by atoms with van der Waals surface area (Å²) < 4.78 is 0. The fourth-order valence-electron chi connectivity index (χ4n) is 3.09. The average Bonchev–Trinajstić information content (AvgIpc) is 3.12. The minimum atomic E-state index is -0.920. The van der Waals surface area contributed by atoms with Crippen molar-refractivity contribution in [1.82, 2.24) is 15.5 Å². The second kappa shape index (κ2) is 10.4. The SMILES string of the molecule is C=CCNC(=O)C(=O)C(CCC)NC(=O)[C@@H]1CCCN1C(=O)[C@@H](N)C(C)(C)C. The predicted octanol–water partition coefficient (Wildman–Crippen LogP) is 0.507. The highest BCUT2D eigenvalue weighted by Crippen LogP contribution is 2.24. The first-order chi connectivity index (χ1) is 13.0. The Morgan fingerprint density at radius 1 is 1.29 bits per heavy atom. The third-order valence-electron chi connectivity index (χ3n) is 4.88. The molecule has 1 rings (SSSR count). The van der Waals surface area contributed by atoms with E-state index in [0.29, 0.717) is 32.2 Å². The second-order valence-electron chi connectivity index (χ2n) is 8.25. The van der Waals surface area contributed by atoms with E-state index in [0.717, 1.165) is 0 Å². The molecular weight excluding hydrogens is 360 g/mol.